The number of pyridine rings is 2. The molecule has 4 rings (SSSR count). The molecule has 1 aromatic carbocycles. The number of nitrogens with one attached hydrogen (secondary N) is 3. The molecule has 1 aliphatic carbocycles. The van der Waals surface area contributed by atoms with Crippen LogP contribution in [0.1, 0.15) is 27.0 Å². The second kappa shape index (κ2) is 8.29. The van der Waals surface area contributed by atoms with Crippen LogP contribution in [0, 0.1) is 0 Å². The van der Waals surface area contributed by atoms with Crippen molar-refractivity contribution in [2.24, 2.45) is 0 Å². The average molecular weight is 441 g/mol. The fraction of sp³-hybridized carbons (Fsp3) is 0.182. The van der Waals surface area contributed by atoms with Crippen molar-refractivity contribution in [3.05, 3.63) is 71.2 Å². The Balaban J connectivity index is 1.68. The highest BCUT2D eigenvalue weighted by Crippen LogP contribution is 2.37. The molecule has 0 spiro atoms. The van der Waals surface area contributed by atoms with Crippen molar-refractivity contribution in [3.8, 4) is 0 Å². The standard InChI is InChI=1S/C22H18F3N5O2/c1-26-21(32)16-10-27-5-4-18(16)30-19-9-20(28-11-17(19)22(23,24)25)29-14-3-2-12-7-15(31)8-13(12)6-14/h2-6,9-11H,7-8H2,1H3,(H,26,32)(H2,27,28,29,30). The van der Waals surface area contributed by atoms with Crippen LogP contribution in [0.25, 0.3) is 0 Å². The van der Waals surface area contributed by atoms with Crippen molar-refractivity contribution in [1.29, 1.82) is 0 Å². The van der Waals surface area contributed by atoms with Crippen LogP contribution >= 0.6 is 0 Å². The predicted octanol–water partition coefficient (Wildman–Crippen LogP) is 4.01. The van der Waals surface area contributed by atoms with E-state index in [0.29, 0.717) is 18.5 Å². The van der Waals surface area contributed by atoms with Gasteiger partial charge in [0.2, 0.25) is 0 Å². The zero-order valence-electron chi connectivity index (χ0n) is 16.9. The van der Waals surface area contributed by atoms with Crippen molar-refractivity contribution in [2.45, 2.75) is 19.0 Å². The molecule has 32 heavy (non-hydrogen) atoms. The molecule has 0 bridgehead atoms. The Bertz CT molecular complexity index is 1210. The van der Waals surface area contributed by atoms with Gasteiger partial charge in [-0.25, -0.2) is 4.98 Å². The van der Waals surface area contributed by atoms with Gasteiger partial charge in [-0.15, -0.1) is 0 Å². The zero-order chi connectivity index (χ0) is 22.9. The van der Waals surface area contributed by atoms with Crippen molar-refractivity contribution in [2.75, 3.05) is 17.7 Å². The maximum Gasteiger partial charge on any atom is 0.419 e. The van der Waals surface area contributed by atoms with Crippen LogP contribution in [0.4, 0.5) is 36.1 Å². The van der Waals surface area contributed by atoms with Crippen molar-refractivity contribution < 1.29 is 22.8 Å². The van der Waals surface area contributed by atoms with Crippen molar-refractivity contribution in [3.63, 3.8) is 0 Å². The van der Waals surface area contributed by atoms with Crippen LogP contribution in [0.2, 0.25) is 0 Å². The van der Waals surface area contributed by atoms with E-state index in [9.17, 15) is 22.8 Å². The van der Waals surface area contributed by atoms with E-state index in [-0.39, 0.29) is 28.5 Å². The molecule has 2 aromatic heterocycles. The first-order valence-electron chi connectivity index (χ1n) is 9.65. The van der Waals surface area contributed by atoms with E-state index in [1.165, 1.54) is 31.6 Å². The molecular weight excluding hydrogens is 423 g/mol. The average Bonchev–Trinajstić information content (AvgIpc) is 3.12. The van der Waals surface area contributed by atoms with Crippen LogP contribution in [0.15, 0.2) is 48.9 Å². The number of hydrogen-bond donors (Lipinski definition) is 3. The molecule has 3 aromatic rings. The Morgan fingerprint density at radius 3 is 2.53 bits per heavy atom. The normalized spacial score (nSPS) is 12.9. The summed E-state index contributed by atoms with van der Waals surface area (Å²) in [5.74, 6) is -0.199. The van der Waals surface area contributed by atoms with Crippen molar-refractivity contribution in [1.82, 2.24) is 15.3 Å². The number of hydrogen-bond acceptors (Lipinski definition) is 6. The lowest BCUT2D eigenvalue weighted by Gasteiger charge is -2.17. The Hall–Kier alpha value is -3.95. The quantitative estimate of drug-likeness (QED) is 0.554. The summed E-state index contributed by atoms with van der Waals surface area (Å²) >= 11 is 0. The number of amides is 1. The molecule has 0 unspecified atom stereocenters. The summed E-state index contributed by atoms with van der Waals surface area (Å²) in [7, 11) is 1.42. The number of ketones is 1. The third-order valence-electron chi connectivity index (χ3n) is 5.03. The van der Waals surface area contributed by atoms with Crippen LogP contribution in [-0.2, 0) is 23.8 Å². The minimum Gasteiger partial charge on any atom is -0.355 e. The van der Waals surface area contributed by atoms with Crippen LogP contribution in [0.3, 0.4) is 0 Å². The number of rotatable bonds is 5. The number of anilines is 4. The predicted molar refractivity (Wildman–Crippen MR) is 112 cm³/mol. The Morgan fingerprint density at radius 1 is 1.00 bits per heavy atom. The van der Waals surface area contributed by atoms with Gasteiger partial charge >= 0.3 is 6.18 Å². The molecule has 164 valence electrons. The second-order valence-corrected chi connectivity index (χ2v) is 7.24. The molecule has 0 fully saturated rings. The number of aromatic nitrogens is 2. The molecule has 3 N–H and O–H groups in total. The van der Waals surface area contributed by atoms with Gasteiger partial charge in [-0.2, -0.15) is 13.2 Å². The molecule has 0 atom stereocenters. The highest BCUT2D eigenvalue weighted by Gasteiger charge is 2.34. The summed E-state index contributed by atoms with van der Waals surface area (Å²) in [5, 5.41) is 8.10. The summed E-state index contributed by atoms with van der Waals surface area (Å²) in [6, 6.07) is 7.99. The summed E-state index contributed by atoms with van der Waals surface area (Å²) < 4.78 is 40.8. The molecule has 0 saturated carbocycles. The largest absolute Gasteiger partial charge is 0.419 e. The number of alkyl halides is 3. The lowest BCUT2D eigenvalue weighted by Crippen LogP contribution is -2.19. The Morgan fingerprint density at radius 2 is 1.78 bits per heavy atom. The van der Waals surface area contributed by atoms with E-state index in [1.54, 1.807) is 12.1 Å². The minimum absolute atomic E-state index is 0.0951. The minimum atomic E-state index is -4.66. The third kappa shape index (κ3) is 4.39. The van der Waals surface area contributed by atoms with Crippen LogP contribution in [0.5, 0.6) is 0 Å². The molecule has 10 heteroatoms. The van der Waals surface area contributed by atoms with Crippen LogP contribution < -0.4 is 16.0 Å². The maximum atomic E-state index is 13.6. The lowest BCUT2D eigenvalue weighted by molar-refractivity contribution is -0.137. The molecule has 1 amide bonds. The maximum absolute atomic E-state index is 13.6. The van der Waals surface area contributed by atoms with E-state index < -0.39 is 17.6 Å². The molecule has 0 radical (unpaired) electrons. The summed E-state index contributed by atoms with van der Waals surface area (Å²) in [5.41, 5.74) is 1.44. The topological polar surface area (TPSA) is 96.0 Å². The van der Waals surface area contributed by atoms with Gasteiger partial charge in [0.15, 0.2) is 0 Å². The number of carbonyl (C=O) groups excluding carboxylic acids is 2. The SMILES string of the molecule is CNC(=O)c1cnccc1Nc1cc(Nc2ccc3c(c2)CC(=O)C3)ncc1C(F)(F)F. The monoisotopic (exact) mass is 441 g/mol. The number of nitrogens with zero attached hydrogens (tertiary/aromatic N) is 2. The fourth-order valence-electron chi connectivity index (χ4n) is 3.49. The number of halogens is 3. The summed E-state index contributed by atoms with van der Waals surface area (Å²) in [6.45, 7) is 0. The van der Waals surface area contributed by atoms with Gasteiger partial charge in [0, 0.05) is 50.2 Å². The van der Waals surface area contributed by atoms with E-state index >= 15 is 0 Å². The van der Waals surface area contributed by atoms with E-state index in [2.05, 4.69) is 25.9 Å². The van der Waals surface area contributed by atoms with Gasteiger partial charge in [0.25, 0.3) is 5.91 Å². The smallest absolute Gasteiger partial charge is 0.355 e. The molecule has 2 heterocycles. The van der Waals surface area contributed by atoms with Crippen molar-refractivity contribution >= 4 is 34.6 Å². The van der Waals surface area contributed by atoms with E-state index in [4.69, 9.17) is 0 Å². The van der Waals surface area contributed by atoms with Gasteiger partial charge in [0.1, 0.15) is 11.6 Å². The molecule has 0 saturated heterocycles. The van der Waals surface area contributed by atoms with Crippen LogP contribution in [-0.4, -0.2) is 28.7 Å². The molecular formula is C22H18F3N5O2. The summed E-state index contributed by atoms with van der Waals surface area (Å²) in [4.78, 5) is 31.5. The van der Waals surface area contributed by atoms with Gasteiger partial charge < -0.3 is 16.0 Å². The Kier molecular flexibility index (Phi) is 5.52. The molecule has 0 aliphatic heterocycles. The van der Waals surface area contributed by atoms with Gasteiger partial charge in [-0.3, -0.25) is 14.6 Å². The highest BCUT2D eigenvalue weighted by atomic mass is 19.4. The van der Waals surface area contributed by atoms with Gasteiger partial charge in [-0.1, -0.05) is 6.07 Å². The van der Waals surface area contributed by atoms with Gasteiger partial charge in [-0.05, 0) is 29.3 Å². The first-order valence-corrected chi connectivity index (χ1v) is 9.65. The first kappa shape index (κ1) is 21.3. The number of carbonyl (C=O) groups is 2. The first-order chi connectivity index (χ1) is 15.2. The number of fused-ring (bicyclic) bond motifs is 1. The van der Waals surface area contributed by atoms with Gasteiger partial charge in [0.05, 0.1) is 22.5 Å². The zero-order valence-corrected chi connectivity index (χ0v) is 16.9. The number of Topliss-reactive ketones (excluding diaryl/α,β-unsaturated/α-hetero) is 1. The fourth-order valence-corrected chi connectivity index (χ4v) is 3.49. The number of benzene rings is 1. The van der Waals surface area contributed by atoms with E-state index in [0.717, 1.165) is 17.3 Å². The highest BCUT2D eigenvalue weighted by molar-refractivity contribution is 6.00. The molecule has 1 aliphatic rings. The summed E-state index contributed by atoms with van der Waals surface area (Å²) in [6.07, 6.45) is -0.580. The Labute approximate surface area is 181 Å². The van der Waals surface area contributed by atoms with E-state index in [1.807, 2.05) is 6.07 Å². The molecule has 7 nitrogen and oxygen atoms in total. The lowest BCUT2D eigenvalue weighted by atomic mass is 10.1. The second-order valence-electron chi connectivity index (χ2n) is 7.24. The third-order valence-corrected chi connectivity index (χ3v) is 5.03.